The van der Waals surface area contributed by atoms with E-state index in [2.05, 4.69) is 10.1 Å². The molecule has 0 spiro atoms. The number of hydrogen-bond acceptors (Lipinski definition) is 3. The molecule has 1 fully saturated rings. The number of carbonyl (C=O) groups is 2. The number of ether oxygens (including phenoxy) is 1. The summed E-state index contributed by atoms with van der Waals surface area (Å²) in [6.45, 7) is -0.834. The van der Waals surface area contributed by atoms with E-state index in [9.17, 15) is 18.4 Å². The number of carbonyl (C=O) groups excluding carboxylic acids is 2. The summed E-state index contributed by atoms with van der Waals surface area (Å²) in [5, 5.41) is 2.73. The lowest BCUT2D eigenvalue weighted by Gasteiger charge is -2.13. The first kappa shape index (κ1) is 16.9. The van der Waals surface area contributed by atoms with Crippen LogP contribution >= 0.6 is 0 Å². The minimum atomic E-state index is -2.93. The Balaban J connectivity index is 2.07. The Bertz CT molecular complexity index is 632. The summed E-state index contributed by atoms with van der Waals surface area (Å²) < 4.78 is 29.3. The Kier molecular flexibility index (Phi) is 5.31. The first-order valence-corrected chi connectivity index (χ1v) is 7.13. The SMILES string of the molecule is C/C(=C\C(=O)NC1CC(=O)N(C)C1)c1ccccc1OC(F)F. The average Bonchev–Trinajstić information content (AvgIpc) is 2.76. The first-order chi connectivity index (χ1) is 10.9. The molecule has 7 heteroatoms. The predicted octanol–water partition coefficient (Wildman–Crippen LogP) is 2.04. The smallest absolute Gasteiger partial charge is 0.387 e. The quantitative estimate of drug-likeness (QED) is 0.843. The van der Waals surface area contributed by atoms with Crippen LogP contribution in [0.15, 0.2) is 30.3 Å². The molecule has 0 aromatic heterocycles. The number of halogens is 2. The van der Waals surface area contributed by atoms with Crippen molar-refractivity contribution in [2.24, 2.45) is 0 Å². The molecule has 1 aliphatic heterocycles. The van der Waals surface area contributed by atoms with Crippen LogP contribution in [0.5, 0.6) is 5.75 Å². The summed E-state index contributed by atoms with van der Waals surface area (Å²) in [4.78, 5) is 25.0. The lowest BCUT2D eigenvalue weighted by molar-refractivity contribution is -0.126. The van der Waals surface area contributed by atoms with E-state index in [0.29, 0.717) is 17.7 Å². The van der Waals surface area contributed by atoms with E-state index in [0.717, 1.165) is 0 Å². The Hall–Kier alpha value is -2.44. The largest absolute Gasteiger partial charge is 0.434 e. The van der Waals surface area contributed by atoms with Crippen LogP contribution in [0.1, 0.15) is 18.9 Å². The molecule has 1 unspecified atom stereocenters. The zero-order valence-corrected chi connectivity index (χ0v) is 12.9. The zero-order valence-electron chi connectivity index (χ0n) is 12.9. The zero-order chi connectivity index (χ0) is 17.0. The van der Waals surface area contributed by atoms with Gasteiger partial charge >= 0.3 is 6.61 Å². The standard InChI is InChI=1S/C16H18F2N2O3/c1-10(12-5-3-4-6-13(12)23-16(17)18)7-14(21)19-11-8-15(22)20(2)9-11/h3-7,11,16H,8-9H2,1-2H3,(H,19,21)/b10-7+. The Labute approximate surface area is 132 Å². The summed E-state index contributed by atoms with van der Waals surface area (Å²) in [5.74, 6) is -0.381. The van der Waals surface area contributed by atoms with Gasteiger partial charge in [-0.05, 0) is 18.6 Å². The van der Waals surface area contributed by atoms with Crippen LogP contribution in [-0.4, -0.2) is 43.0 Å². The van der Waals surface area contributed by atoms with E-state index in [1.165, 1.54) is 12.1 Å². The van der Waals surface area contributed by atoms with Gasteiger partial charge in [0.2, 0.25) is 11.8 Å². The Morgan fingerprint density at radius 3 is 2.74 bits per heavy atom. The monoisotopic (exact) mass is 324 g/mol. The topological polar surface area (TPSA) is 58.6 Å². The van der Waals surface area contributed by atoms with Gasteiger partial charge in [0.05, 0.1) is 6.04 Å². The third-order valence-corrected chi connectivity index (χ3v) is 3.56. The highest BCUT2D eigenvalue weighted by atomic mass is 19.3. The second-order valence-corrected chi connectivity index (χ2v) is 5.39. The minimum Gasteiger partial charge on any atom is -0.434 e. The molecule has 124 valence electrons. The summed E-state index contributed by atoms with van der Waals surface area (Å²) in [6, 6.07) is 6.03. The van der Waals surface area contributed by atoms with Crippen molar-refractivity contribution in [3.63, 3.8) is 0 Å². The number of benzene rings is 1. The maximum Gasteiger partial charge on any atom is 0.387 e. The van der Waals surface area contributed by atoms with E-state index in [4.69, 9.17) is 0 Å². The van der Waals surface area contributed by atoms with Gasteiger partial charge in [0.25, 0.3) is 0 Å². The van der Waals surface area contributed by atoms with E-state index in [1.807, 2.05) is 0 Å². The summed E-state index contributed by atoms with van der Waals surface area (Å²) in [6.07, 6.45) is 1.58. The van der Waals surface area contributed by atoms with E-state index >= 15 is 0 Å². The van der Waals surface area contributed by atoms with Gasteiger partial charge in [-0.1, -0.05) is 18.2 Å². The molecule has 1 atom stereocenters. The molecular weight excluding hydrogens is 306 g/mol. The number of amides is 2. The highest BCUT2D eigenvalue weighted by Gasteiger charge is 2.27. The van der Waals surface area contributed by atoms with Crippen LogP contribution < -0.4 is 10.1 Å². The molecule has 1 saturated heterocycles. The number of allylic oxidation sites excluding steroid dienone is 1. The summed E-state index contributed by atoms with van der Waals surface area (Å²) in [7, 11) is 1.67. The van der Waals surface area contributed by atoms with Crippen molar-refractivity contribution >= 4 is 17.4 Å². The number of hydrogen-bond donors (Lipinski definition) is 1. The van der Waals surface area contributed by atoms with Crippen LogP contribution in [0.4, 0.5) is 8.78 Å². The number of para-hydroxylation sites is 1. The summed E-state index contributed by atoms with van der Waals surface area (Å²) in [5.41, 5.74) is 0.916. The van der Waals surface area contributed by atoms with Crippen LogP contribution in [0.3, 0.4) is 0 Å². The van der Waals surface area contributed by atoms with Crippen molar-refractivity contribution < 1.29 is 23.1 Å². The van der Waals surface area contributed by atoms with E-state index in [1.54, 1.807) is 37.1 Å². The number of alkyl halides is 2. The Morgan fingerprint density at radius 1 is 1.43 bits per heavy atom. The van der Waals surface area contributed by atoms with E-state index in [-0.39, 0.29) is 30.0 Å². The lowest BCUT2D eigenvalue weighted by Crippen LogP contribution is -2.35. The molecule has 2 amide bonds. The molecule has 2 rings (SSSR count). The minimum absolute atomic E-state index is 0.0137. The highest BCUT2D eigenvalue weighted by molar-refractivity contribution is 5.96. The third-order valence-electron chi connectivity index (χ3n) is 3.56. The summed E-state index contributed by atoms with van der Waals surface area (Å²) >= 11 is 0. The maximum absolute atomic E-state index is 12.4. The first-order valence-electron chi connectivity index (χ1n) is 7.13. The molecule has 1 heterocycles. The number of nitrogens with one attached hydrogen (secondary N) is 1. The molecule has 1 aromatic rings. The number of likely N-dealkylation sites (tertiary alicyclic amines) is 1. The molecule has 1 aromatic carbocycles. The molecule has 0 bridgehead atoms. The van der Waals surface area contributed by atoms with Gasteiger partial charge in [0, 0.05) is 31.7 Å². The second kappa shape index (κ2) is 7.21. The molecule has 0 saturated carbocycles. The van der Waals surface area contributed by atoms with Crippen molar-refractivity contribution in [2.75, 3.05) is 13.6 Å². The number of nitrogens with zero attached hydrogens (tertiary/aromatic N) is 1. The van der Waals surface area contributed by atoms with Crippen molar-refractivity contribution in [3.05, 3.63) is 35.9 Å². The Morgan fingerprint density at radius 2 is 2.13 bits per heavy atom. The molecule has 23 heavy (non-hydrogen) atoms. The van der Waals surface area contributed by atoms with Crippen molar-refractivity contribution in [3.8, 4) is 5.75 Å². The molecule has 1 aliphatic rings. The predicted molar refractivity (Wildman–Crippen MR) is 80.9 cm³/mol. The number of rotatable bonds is 5. The molecule has 0 radical (unpaired) electrons. The fraction of sp³-hybridized carbons (Fsp3) is 0.375. The fourth-order valence-electron chi connectivity index (χ4n) is 2.47. The van der Waals surface area contributed by atoms with Gasteiger partial charge in [0.15, 0.2) is 0 Å². The van der Waals surface area contributed by atoms with Crippen LogP contribution in [0.25, 0.3) is 5.57 Å². The lowest BCUT2D eigenvalue weighted by atomic mass is 10.1. The van der Waals surface area contributed by atoms with Gasteiger partial charge in [-0.3, -0.25) is 9.59 Å². The van der Waals surface area contributed by atoms with E-state index < -0.39 is 6.61 Å². The molecule has 1 N–H and O–H groups in total. The van der Waals surface area contributed by atoms with Crippen LogP contribution in [0.2, 0.25) is 0 Å². The number of likely N-dealkylation sites (N-methyl/N-ethyl adjacent to an activating group) is 1. The average molecular weight is 324 g/mol. The van der Waals surface area contributed by atoms with Crippen molar-refractivity contribution in [1.29, 1.82) is 0 Å². The maximum atomic E-state index is 12.4. The second-order valence-electron chi connectivity index (χ2n) is 5.39. The molecule has 5 nitrogen and oxygen atoms in total. The van der Waals surface area contributed by atoms with Crippen LogP contribution in [-0.2, 0) is 9.59 Å². The van der Waals surface area contributed by atoms with Crippen LogP contribution in [0, 0.1) is 0 Å². The van der Waals surface area contributed by atoms with Gasteiger partial charge < -0.3 is 15.0 Å². The normalized spacial score (nSPS) is 18.5. The molecule has 0 aliphatic carbocycles. The molecular formula is C16H18F2N2O3. The fourth-order valence-corrected chi connectivity index (χ4v) is 2.47. The van der Waals surface area contributed by atoms with Gasteiger partial charge in [0.1, 0.15) is 5.75 Å². The third kappa shape index (κ3) is 4.51. The van der Waals surface area contributed by atoms with Gasteiger partial charge in [-0.25, -0.2) is 0 Å². The van der Waals surface area contributed by atoms with Gasteiger partial charge in [-0.2, -0.15) is 8.78 Å². The van der Waals surface area contributed by atoms with Crippen molar-refractivity contribution in [1.82, 2.24) is 10.2 Å². The van der Waals surface area contributed by atoms with Crippen molar-refractivity contribution in [2.45, 2.75) is 26.0 Å². The highest BCUT2D eigenvalue weighted by Crippen LogP contribution is 2.26. The van der Waals surface area contributed by atoms with Gasteiger partial charge in [-0.15, -0.1) is 0 Å².